The van der Waals surface area contributed by atoms with E-state index in [1.807, 2.05) is 0 Å². The standard InChI is InChI=1S/C21H29ClN2O5S/c1-21(2,3)29-20(26)24-13-6-7-16(15-24)19(25)23-12-4-5-14-30(27,28)18-10-8-17(22)9-11-18/h5,8-11,14,16H,4,6-7,12-13,15H2,1-3H3,(H,23,25)/b14-5+/t16-/m0/s1. The van der Waals surface area contributed by atoms with E-state index in [4.69, 9.17) is 16.3 Å². The topological polar surface area (TPSA) is 92.8 Å². The average Bonchev–Trinajstić information content (AvgIpc) is 2.66. The Labute approximate surface area is 183 Å². The Bertz CT molecular complexity index is 876. The predicted octanol–water partition coefficient (Wildman–Crippen LogP) is 3.78. The van der Waals surface area contributed by atoms with Crippen molar-refractivity contribution in [2.24, 2.45) is 5.92 Å². The number of halogens is 1. The van der Waals surface area contributed by atoms with Crippen LogP contribution in [0.2, 0.25) is 5.02 Å². The van der Waals surface area contributed by atoms with Crippen molar-refractivity contribution in [3.8, 4) is 0 Å². The van der Waals surface area contributed by atoms with Gasteiger partial charge in [0.2, 0.25) is 5.91 Å². The zero-order valence-electron chi connectivity index (χ0n) is 17.6. The summed E-state index contributed by atoms with van der Waals surface area (Å²) in [5.74, 6) is -0.440. The highest BCUT2D eigenvalue weighted by Gasteiger charge is 2.30. The van der Waals surface area contributed by atoms with Crippen LogP contribution in [0.5, 0.6) is 0 Å². The van der Waals surface area contributed by atoms with E-state index in [0.29, 0.717) is 37.5 Å². The van der Waals surface area contributed by atoms with Crippen LogP contribution < -0.4 is 5.32 Å². The lowest BCUT2D eigenvalue weighted by Gasteiger charge is -2.33. The normalized spacial score (nSPS) is 17.7. The second kappa shape index (κ2) is 10.3. The number of sulfone groups is 1. The fourth-order valence-corrected chi connectivity index (χ4v) is 4.19. The fraction of sp³-hybridized carbons (Fsp3) is 0.524. The van der Waals surface area contributed by atoms with E-state index in [1.54, 1.807) is 25.7 Å². The number of carbonyl (C=O) groups excluding carboxylic acids is 2. The Morgan fingerprint density at radius 1 is 1.27 bits per heavy atom. The average molecular weight is 457 g/mol. The number of carbonyl (C=O) groups is 2. The summed E-state index contributed by atoms with van der Waals surface area (Å²) in [7, 11) is -3.54. The monoisotopic (exact) mass is 456 g/mol. The van der Waals surface area contributed by atoms with Gasteiger partial charge < -0.3 is 15.0 Å². The Hall–Kier alpha value is -2.06. The highest BCUT2D eigenvalue weighted by atomic mass is 35.5. The summed E-state index contributed by atoms with van der Waals surface area (Å²) >= 11 is 5.77. The van der Waals surface area contributed by atoms with Gasteiger partial charge in [0, 0.05) is 30.1 Å². The number of likely N-dealkylation sites (tertiary alicyclic amines) is 1. The number of piperidine rings is 1. The summed E-state index contributed by atoms with van der Waals surface area (Å²) in [6.45, 7) is 6.62. The Balaban J connectivity index is 1.79. The number of hydrogen-bond acceptors (Lipinski definition) is 5. The third-order valence-electron chi connectivity index (χ3n) is 4.47. The second-order valence-electron chi connectivity index (χ2n) is 8.22. The van der Waals surface area contributed by atoms with Crippen molar-refractivity contribution in [1.82, 2.24) is 10.2 Å². The first-order valence-corrected chi connectivity index (χ1v) is 11.8. The molecule has 0 radical (unpaired) electrons. The molecule has 0 bridgehead atoms. The molecule has 1 saturated heterocycles. The van der Waals surface area contributed by atoms with Gasteiger partial charge in [-0.2, -0.15) is 0 Å². The summed E-state index contributed by atoms with van der Waals surface area (Å²) in [6, 6.07) is 5.94. The van der Waals surface area contributed by atoms with Gasteiger partial charge in [0.15, 0.2) is 9.84 Å². The second-order valence-corrected chi connectivity index (χ2v) is 10.5. The van der Waals surface area contributed by atoms with Crippen molar-refractivity contribution in [2.75, 3.05) is 19.6 Å². The molecule has 1 aliphatic heterocycles. The van der Waals surface area contributed by atoms with E-state index in [9.17, 15) is 18.0 Å². The summed E-state index contributed by atoms with van der Waals surface area (Å²) in [4.78, 5) is 26.4. The van der Waals surface area contributed by atoms with Gasteiger partial charge in [0.25, 0.3) is 0 Å². The highest BCUT2D eigenvalue weighted by Crippen LogP contribution is 2.20. The van der Waals surface area contributed by atoms with Gasteiger partial charge in [-0.3, -0.25) is 4.79 Å². The van der Waals surface area contributed by atoms with Gasteiger partial charge in [-0.05, 0) is 64.3 Å². The minimum Gasteiger partial charge on any atom is -0.444 e. The van der Waals surface area contributed by atoms with Crippen molar-refractivity contribution in [3.63, 3.8) is 0 Å². The van der Waals surface area contributed by atoms with Crippen molar-refractivity contribution in [2.45, 2.75) is 50.5 Å². The minimum absolute atomic E-state index is 0.141. The number of benzene rings is 1. The van der Waals surface area contributed by atoms with Crippen LogP contribution in [0, 0.1) is 5.92 Å². The molecule has 0 aliphatic carbocycles. The van der Waals surface area contributed by atoms with E-state index in [1.165, 1.54) is 30.3 Å². The molecule has 0 saturated carbocycles. The molecule has 1 heterocycles. The number of nitrogens with one attached hydrogen (secondary N) is 1. The first-order valence-electron chi connectivity index (χ1n) is 9.91. The summed E-state index contributed by atoms with van der Waals surface area (Å²) < 4.78 is 29.8. The van der Waals surface area contributed by atoms with Crippen LogP contribution in [0.3, 0.4) is 0 Å². The molecular weight excluding hydrogens is 428 g/mol. The van der Waals surface area contributed by atoms with Crippen LogP contribution in [0.4, 0.5) is 4.79 Å². The lowest BCUT2D eigenvalue weighted by Crippen LogP contribution is -2.47. The summed E-state index contributed by atoms with van der Waals surface area (Å²) in [5, 5.41) is 4.41. The molecule has 9 heteroatoms. The van der Waals surface area contributed by atoms with Crippen LogP contribution >= 0.6 is 11.6 Å². The quantitative estimate of drug-likeness (QED) is 0.657. The molecule has 30 heavy (non-hydrogen) atoms. The number of nitrogens with zero attached hydrogens (tertiary/aromatic N) is 1. The lowest BCUT2D eigenvalue weighted by atomic mass is 9.97. The van der Waals surface area contributed by atoms with E-state index >= 15 is 0 Å². The van der Waals surface area contributed by atoms with Gasteiger partial charge in [0.05, 0.1) is 10.8 Å². The predicted molar refractivity (Wildman–Crippen MR) is 116 cm³/mol. The molecule has 2 amide bonds. The Morgan fingerprint density at radius 2 is 1.93 bits per heavy atom. The molecule has 1 fully saturated rings. The maximum atomic E-state index is 12.4. The molecule has 7 nitrogen and oxygen atoms in total. The third-order valence-corrected chi connectivity index (χ3v) is 6.20. The molecule has 1 aliphatic rings. The Morgan fingerprint density at radius 3 is 2.57 bits per heavy atom. The molecule has 1 N–H and O–H groups in total. The highest BCUT2D eigenvalue weighted by molar-refractivity contribution is 7.94. The van der Waals surface area contributed by atoms with E-state index < -0.39 is 21.5 Å². The van der Waals surface area contributed by atoms with Crippen LogP contribution in [0.25, 0.3) is 0 Å². The molecular formula is C21H29ClN2O5S. The van der Waals surface area contributed by atoms with Gasteiger partial charge in [-0.15, -0.1) is 0 Å². The van der Waals surface area contributed by atoms with Crippen molar-refractivity contribution >= 4 is 33.4 Å². The van der Waals surface area contributed by atoms with Crippen LogP contribution in [0.1, 0.15) is 40.0 Å². The molecule has 0 unspecified atom stereocenters. The van der Waals surface area contributed by atoms with Crippen LogP contribution in [-0.4, -0.2) is 50.6 Å². The minimum atomic E-state index is -3.54. The SMILES string of the molecule is CC(C)(C)OC(=O)N1CCC[C@H](C(=O)NCC/C=C/S(=O)(=O)c2ccc(Cl)cc2)C1. The maximum Gasteiger partial charge on any atom is 0.410 e. The van der Waals surface area contributed by atoms with E-state index in [-0.39, 0.29) is 16.7 Å². The van der Waals surface area contributed by atoms with Crippen LogP contribution in [-0.2, 0) is 19.4 Å². The van der Waals surface area contributed by atoms with Gasteiger partial charge in [-0.1, -0.05) is 17.7 Å². The number of rotatable bonds is 6. The first-order chi connectivity index (χ1) is 14.0. The molecule has 1 aromatic carbocycles. The first kappa shape index (κ1) is 24.2. The number of amides is 2. The number of hydrogen-bond donors (Lipinski definition) is 1. The Kier molecular flexibility index (Phi) is 8.32. The van der Waals surface area contributed by atoms with Crippen molar-refractivity contribution in [1.29, 1.82) is 0 Å². The fourth-order valence-electron chi connectivity index (χ4n) is 3.00. The van der Waals surface area contributed by atoms with Gasteiger partial charge in [0.1, 0.15) is 5.60 Å². The largest absolute Gasteiger partial charge is 0.444 e. The van der Waals surface area contributed by atoms with Crippen LogP contribution in [0.15, 0.2) is 40.6 Å². The summed E-state index contributed by atoms with van der Waals surface area (Å²) in [5.41, 5.74) is -0.578. The maximum absolute atomic E-state index is 12.4. The molecule has 0 spiro atoms. The molecule has 2 rings (SSSR count). The third kappa shape index (κ3) is 7.65. The zero-order valence-corrected chi connectivity index (χ0v) is 19.1. The molecule has 1 atom stereocenters. The zero-order chi connectivity index (χ0) is 22.4. The van der Waals surface area contributed by atoms with Gasteiger partial charge in [-0.25, -0.2) is 13.2 Å². The van der Waals surface area contributed by atoms with E-state index in [0.717, 1.165) is 11.8 Å². The van der Waals surface area contributed by atoms with Crippen molar-refractivity contribution < 1.29 is 22.7 Å². The van der Waals surface area contributed by atoms with Gasteiger partial charge >= 0.3 is 6.09 Å². The van der Waals surface area contributed by atoms with E-state index in [2.05, 4.69) is 5.32 Å². The molecule has 166 valence electrons. The lowest BCUT2D eigenvalue weighted by molar-refractivity contribution is -0.126. The smallest absolute Gasteiger partial charge is 0.410 e. The summed E-state index contributed by atoms with van der Waals surface area (Å²) in [6.07, 6.45) is 2.91. The molecule has 0 aromatic heterocycles. The van der Waals surface area contributed by atoms with Crippen molar-refractivity contribution in [3.05, 3.63) is 40.8 Å². The molecule has 1 aromatic rings. The number of ether oxygens (including phenoxy) is 1.